The SMILES string of the molecule is N[C@H](CC(F)(F)F)c1ccc(O)c(O)c1O. The molecule has 7 heteroatoms. The average molecular weight is 237 g/mol. The summed E-state index contributed by atoms with van der Waals surface area (Å²) in [6.07, 6.45) is -5.80. The molecule has 0 spiro atoms. The van der Waals surface area contributed by atoms with Crippen molar-refractivity contribution in [1.82, 2.24) is 0 Å². The molecule has 0 aromatic heterocycles. The molecule has 0 fully saturated rings. The Bertz CT molecular complexity index is 392. The Morgan fingerprint density at radius 3 is 2.19 bits per heavy atom. The molecule has 0 aliphatic heterocycles. The smallest absolute Gasteiger partial charge is 0.390 e. The van der Waals surface area contributed by atoms with Crippen LogP contribution in [0.25, 0.3) is 0 Å². The first-order chi connectivity index (χ1) is 7.22. The van der Waals surface area contributed by atoms with Gasteiger partial charge in [-0.15, -0.1) is 0 Å². The van der Waals surface area contributed by atoms with E-state index in [0.29, 0.717) is 0 Å². The fourth-order valence-electron chi connectivity index (χ4n) is 1.24. The molecular weight excluding hydrogens is 227 g/mol. The van der Waals surface area contributed by atoms with Crippen LogP contribution in [-0.2, 0) is 0 Å². The third-order valence-corrected chi connectivity index (χ3v) is 2.01. The highest BCUT2D eigenvalue weighted by atomic mass is 19.4. The summed E-state index contributed by atoms with van der Waals surface area (Å²) in [6.45, 7) is 0. The quantitative estimate of drug-likeness (QED) is 0.590. The van der Waals surface area contributed by atoms with Crippen molar-refractivity contribution >= 4 is 0 Å². The summed E-state index contributed by atoms with van der Waals surface area (Å²) in [7, 11) is 0. The van der Waals surface area contributed by atoms with E-state index in [1.54, 1.807) is 0 Å². The number of halogens is 3. The Balaban J connectivity index is 3.01. The van der Waals surface area contributed by atoms with E-state index in [1.165, 1.54) is 0 Å². The van der Waals surface area contributed by atoms with Gasteiger partial charge in [-0.3, -0.25) is 0 Å². The summed E-state index contributed by atoms with van der Waals surface area (Å²) in [5, 5.41) is 27.4. The van der Waals surface area contributed by atoms with Gasteiger partial charge in [-0.05, 0) is 12.1 Å². The molecule has 1 aromatic rings. The molecule has 1 atom stereocenters. The number of rotatable bonds is 2. The van der Waals surface area contributed by atoms with Crippen LogP contribution in [0, 0.1) is 0 Å². The maximum absolute atomic E-state index is 12.0. The van der Waals surface area contributed by atoms with E-state index in [1.807, 2.05) is 0 Å². The third-order valence-electron chi connectivity index (χ3n) is 2.01. The first-order valence-corrected chi connectivity index (χ1v) is 4.28. The summed E-state index contributed by atoms with van der Waals surface area (Å²) in [5.74, 6) is -2.34. The van der Waals surface area contributed by atoms with Gasteiger partial charge in [0.15, 0.2) is 11.5 Å². The Hall–Kier alpha value is -1.63. The van der Waals surface area contributed by atoms with Crippen LogP contribution in [0.3, 0.4) is 0 Å². The van der Waals surface area contributed by atoms with E-state index in [9.17, 15) is 18.3 Å². The number of hydrogen-bond acceptors (Lipinski definition) is 4. The van der Waals surface area contributed by atoms with Crippen molar-refractivity contribution in [3.8, 4) is 17.2 Å². The number of nitrogens with two attached hydrogens (primary N) is 1. The van der Waals surface area contributed by atoms with Crippen molar-refractivity contribution in [2.24, 2.45) is 5.73 Å². The lowest BCUT2D eigenvalue weighted by atomic mass is 10.0. The minimum atomic E-state index is -4.47. The van der Waals surface area contributed by atoms with Crippen LogP contribution in [0.15, 0.2) is 12.1 Å². The van der Waals surface area contributed by atoms with Gasteiger partial charge >= 0.3 is 6.18 Å². The fourth-order valence-corrected chi connectivity index (χ4v) is 1.24. The number of phenolic OH excluding ortho intramolecular Hbond substituents is 3. The number of benzene rings is 1. The van der Waals surface area contributed by atoms with Gasteiger partial charge in [0.2, 0.25) is 5.75 Å². The van der Waals surface area contributed by atoms with E-state index >= 15 is 0 Å². The summed E-state index contributed by atoms with van der Waals surface area (Å²) in [6, 6.07) is 0.494. The molecule has 0 radical (unpaired) electrons. The molecule has 1 aromatic carbocycles. The normalized spacial score (nSPS) is 13.8. The highest BCUT2D eigenvalue weighted by molar-refractivity contribution is 5.54. The highest BCUT2D eigenvalue weighted by Crippen LogP contribution is 2.41. The molecule has 0 aliphatic rings. The Kier molecular flexibility index (Phi) is 3.18. The largest absolute Gasteiger partial charge is 0.504 e. The second-order valence-electron chi connectivity index (χ2n) is 3.30. The lowest BCUT2D eigenvalue weighted by Gasteiger charge is -2.16. The molecule has 0 aliphatic carbocycles. The molecule has 0 unspecified atom stereocenters. The zero-order valence-electron chi connectivity index (χ0n) is 7.99. The minimum Gasteiger partial charge on any atom is -0.504 e. The number of phenols is 3. The van der Waals surface area contributed by atoms with Crippen LogP contribution >= 0.6 is 0 Å². The van der Waals surface area contributed by atoms with Crippen LogP contribution in [-0.4, -0.2) is 21.5 Å². The van der Waals surface area contributed by atoms with Crippen molar-refractivity contribution in [3.05, 3.63) is 17.7 Å². The van der Waals surface area contributed by atoms with Gasteiger partial charge in [0, 0.05) is 11.6 Å². The highest BCUT2D eigenvalue weighted by Gasteiger charge is 2.32. The lowest BCUT2D eigenvalue weighted by Crippen LogP contribution is -2.20. The van der Waals surface area contributed by atoms with Gasteiger partial charge in [0.05, 0.1) is 6.42 Å². The van der Waals surface area contributed by atoms with E-state index in [2.05, 4.69) is 0 Å². The molecule has 0 amide bonds. The van der Waals surface area contributed by atoms with E-state index in [0.717, 1.165) is 12.1 Å². The van der Waals surface area contributed by atoms with Crippen LogP contribution < -0.4 is 5.73 Å². The average Bonchev–Trinajstić information content (AvgIpc) is 2.11. The molecule has 5 N–H and O–H groups in total. The standard InChI is InChI=1S/C9H10F3NO3/c10-9(11,12)3-5(13)4-1-2-6(14)8(16)7(4)15/h1-2,5,14-16H,3,13H2/t5-/m1/s1. The molecule has 1 rings (SSSR count). The predicted molar refractivity (Wildman–Crippen MR) is 49.0 cm³/mol. The Morgan fingerprint density at radius 2 is 1.69 bits per heavy atom. The topological polar surface area (TPSA) is 86.7 Å². The maximum atomic E-state index is 12.0. The zero-order valence-corrected chi connectivity index (χ0v) is 7.99. The summed E-state index contributed by atoms with van der Waals surface area (Å²) in [4.78, 5) is 0. The van der Waals surface area contributed by atoms with Crippen LogP contribution in [0.1, 0.15) is 18.0 Å². The first kappa shape index (κ1) is 12.4. The van der Waals surface area contributed by atoms with Crippen molar-refractivity contribution in [2.45, 2.75) is 18.6 Å². The monoisotopic (exact) mass is 237 g/mol. The lowest BCUT2D eigenvalue weighted by molar-refractivity contribution is -0.138. The maximum Gasteiger partial charge on any atom is 0.390 e. The second kappa shape index (κ2) is 4.09. The summed E-state index contributed by atoms with van der Waals surface area (Å²) in [5.41, 5.74) is 4.96. The Labute approximate surface area is 88.7 Å². The van der Waals surface area contributed by atoms with Crippen LogP contribution in [0.5, 0.6) is 17.2 Å². The van der Waals surface area contributed by atoms with E-state index in [4.69, 9.17) is 15.9 Å². The van der Waals surface area contributed by atoms with Crippen molar-refractivity contribution in [2.75, 3.05) is 0 Å². The summed E-state index contributed by atoms with van der Waals surface area (Å²) >= 11 is 0. The van der Waals surface area contributed by atoms with E-state index < -0.39 is 35.9 Å². The van der Waals surface area contributed by atoms with Crippen molar-refractivity contribution in [3.63, 3.8) is 0 Å². The molecule has 16 heavy (non-hydrogen) atoms. The summed E-state index contributed by atoms with van der Waals surface area (Å²) < 4.78 is 36.1. The molecule has 0 heterocycles. The molecule has 90 valence electrons. The zero-order chi connectivity index (χ0) is 12.5. The second-order valence-corrected chi connectivity index (χ2v) is 3.30. The third kappa shape index (κ3) is 2.69. The van der Waals surface area contributed by atoms with Gasteiger partial charge in [-0.1, -0.05) is 0 Å². The molecular formula is C9H10F3NO3. The minimum absolute atomic E-state index is 0.271. The van der Waals surface area contributed by atoms with Gasteiger partial charge in [-0.25, -0.2) is 0 Å². The van der Waals surface area contributed by atoms with Crippen molar-refractivity contribution in [1.29, 1.82) is 0 Å². The number of hydrogen-bond donors (Lipinski definition) is 4. The van der Waals surface area contributed by atoms with Gasteiger partial charge in [0.1, 0.15) is 0 Å². The first-order valence-electron chi connectivity index (χ1n) is 4.28. The molecule has 0 saturated heterocycles. The Morgan fingerprint density at radius 1 is 1.12 bits per heavy atom. The van der Waals surface area contributed by atoms with Gasteiger partial charge in [0.25, 0.3) is 0 Å². The molecule has 4 nitrogen and oxygen atoms in total. The van der Waals surface area contributed by atoms with Crippen molar-refractivity contribution < 1.29 is 28.5 Å². The molecule has 0 saturated carbocycles. The van der Waals surface area contributed by atoms with Gasteiger partial charge < -0.3 is 21.1 Å². The van der Waals surface area contributed by atoms with E-state index in [-0.39, 0.29) is 5.56 Å². The van der Waals surface area contributed by atoms with Crippen LogP contribution in [0.4, 0.5) is 13.2 Å². The molecule has 0 bridgehead atoms. The fraction of sp³-hybridized carbons (Fsp3) is 0.333. The predicted octanol–water partition coefficient (Wildman–Crippen LogP) is 1.76. The number of aromatic hydroxyl groups is 3. The number of alkyl halides is 3. The van der Waals surface area contributed by atoms with Crippen LogP contribution in [0.2, 0.25) is 0 Å². The van der Waals surface area contributed by atoms with Gasteiger partial charge in [-0.2, -0.15) is 13.2 Å².